The third kappa shape index (κ3) is 7.00. The number of ether oxygens (including phenoxy) is 2. The molecule has 8 nitrogen and oxygen atoms in total. The Morgan fingerprint density at radius 1 is 1.17 bits per heavy atom. The first kappa shape index (κ1) is 23.6. The maximum Gasteiger partial charge on any atom is 0.410 e. The molecule has 30 heavy (non-hydrogen) atoms. The molecule has 0 spiro atoms. The fourth-order valence-corrected chi connectivity index (χ4v) is 3.48. The average molecular weight is 421 g/mol. The molecule has 1 saturated heterocycles. The van der Waals surface area contributed by atoms with E-state index in [0.29, 0.717) is 31.5 Å². The normalized spacial score (nSPS) is 18.1. The molecule has 0 unspecified atom stereocenters. The molecule has 8 heteroatoms. The zero-order chi connectivity index (χ0) is 22.7. The summed E-state index contributed by atoms with van der Waals surface area (Å²) in [6.45, 7) is 11.7. The molecule has 0 radical (unpaired) electrons. The van der Waals surface area contributed by atoms with Crippen LogP contribution in [-0.2, 0) is 20.7 Å². The van der Waals surface area contributed by atoms with E-state index in [4.69, 9.17) is 9.47 Å². The summed E-state index contributed by atoms with van der Waals surface area (Å²) >= 11 is 0. The van der Waals surface area contributed by atoms with Crippen LogP contribution in [0.5, 0.6) is 0 Å². The zero-order valence-corrected chi connectivity index (χ0v) is 18.6. The summed E-state index contributed by atoms with van der Waals surface area (Å²) in [7, 11) is 0. The summed E-state index contributed by atoms with van der Waals surface area (Å²) in [5, 5.41) is 11.1. The Morgan fingerprint density at radius 2 is 1.80 bits per heavy atom. The molecule has 2 rings (SSSR count). The fraction of sp³-hybridized carbons (Fsp3) is 0.636. The number of nitrogens with zero attached hydrogens (tertiary/aromatic N) is 2. The number of rotatable bonds is 5. The number of non-ortho nitro benzene ring substituents is 1. The predicted octanol–water partition coefficient (Wildman–Crippen LogP) is 4.35. The highest BCUT2D eigenvalue weighted by atomic mass is 16.6. The number of carbonyl (C=O) groups is 2. The molecule has 0 bridgehead atoms. The lowest BCUT2D eigenvalue weighted by Crippen LogP contribution is -2.38. The van der Waals surface area contributed by atoms with Crippen molar-refractivity contribution in [2.75, 3.05) is 13.1 Å². The Morgan fingerprint density at radius 3 is 2.37 bits per heavy atom. The second-order valence-electron chi connectivity index (χ2n) is 9.75. The van der Waals surface area contributed by atoms with Crippen LogP contribution in [0.3, 0.4) is 0 Å². The van der Waals surface area contributed by atoms with Gasteiger partial charge in [0.25, 0.3) is 5.69 Å². The Kier molecular flexibility index (Phi) is 7.10. The van der Waals surface area contributed by atoms with Gasteiger partial charge >= 0.3 is 12.1 Å². The number of carbonyl (C=O) groups excluding carboxylic acids is 2. The first-order chi connectivity index (χ1) is 13.7. The molecule has 1 amide bonds. The van der Waals surface area contributed by atoms with Gasteiger partial charge in [0.05, 0.1) is 10.8 Å². The van der Waals surface area contributed by atoms with Gasteiger partial charge in [-0.25, -0.2) is 4.79 Å². The number of likely N-dealkylation sites (tertiary alicyclic amines) is 1. The van der Waals surface area contributed by atoms with E-state index in [1.807, 2.05) is 20.8 Å². The van der Waals surface area contributed by atoms with Crippen LogP contribution in [0.4, 0.5) is 10.5 Å². The van der Waals surface area contributed by atoms with Crippen molar-refractivity contribution in [3.63, 3.8) is 0 Å². The summed E-state index contributed by atoms with van der Waals surface area (Å²) in [5.41, 5.74) is -0.572. The van der Waals surface area contributed by atoms with Gasteiger partial charge in [-0.2, -0.15) is 0 Å². The van der Waals surface area contributed by atoms with Crippen molar-refractivity contribution >= 4 is 17.7 Å². The minimum absolute atomic E-state index is 0.0164. The maximum atomic E-state index is 13.0. The molecule has 1 aromatic carbocycles. The van der Waals surface area contributed by atoms with E-state index in [2.05, 4.69) is 0 Å². The minimum atomic E-state index is -0.651. The van der Waals surface area contributed by atoms with Crippen molar-refractivity contribution in [3.8, 4) is 0 Å². The molecule has 0 aromatic heterocycles. The number of amides is 1. The number of nitro groups is 1. The van der Waals surface area contributed by atoms with Crippen LogP contribution in [0.1, 0.15) is 53.5 Å². The van der Waals surface area contributed by atoms with E-state index >= 15 is 0 Å². The fourth-order valence-electron chi connectivity index (χ4n) is 3.48. The van der Waals surface area contributed by atoms with Crippen LogP contribution in [0.25, 0.3) is 0 Å². The highest BCUT2D eigenvalue weighted by molar-refractivity contribution is 5.74. The molecule has 1 fully saturated rings. The monoisotopic (exact) mass is 420 g/mol. The molecular weight excluding hydrogens is 388 g/mol. The second kappa shape index (κ2) is 9.02. The molecular formula is C22H32N2O6. The third-order valence-corrected chi connectivity index (χ3v) is 4.73. The van der Waals surface area contributed by atoms with Gasteiger partial charge in [0, 0.05) is 25.2 Å². The molecule has 0 saturated carbocycles. The molecule has 0 N–H and O–H groups in total. The first-order valence-electron chi connectivity index (χ1n) is 10.2. The van der Waals surface area contributed by atoms with Crippen molar-refractivity contribution in [2.45, 2.75) is 65.6 Å². The zero-order valence-electron chi connectivity index (χ0n) is 18.6. The van der Waals surface area contributed by atoms with E-state index < -0.39 is 28.1 Å². The quantitative estimate of drug-likeness (QED) is 0.399. The average Bonchev–Trinajstić information content (AvgIpc) is 3.06. The molecule has 2 atom stereocenters. The Balaban J connectivity index is 2.20. The van der Waals surface area contributed by atoms with Crippen LogP contribution < -0.4 is 0 Å². The topological polar surface area (TPSA) is 99.0 Å². The molecule has 1 heterocycles. The lowest BCUT2D eigenvalue weighted by molar-refractivity contribution is -0.384. The van der Waals surface area contributed by atoms with Crippen molar-refractivity contribution in [1.82, 2.24) is 4.90 Å². The van der Waals surface area contributed by atoms with Crippen LogP contribution in [0.15, 0.2) is 24.3 Å². The Hall–Kier alpha value is -2.64. The van der Waals surface area contributed by atoms with Crippen LogP contribution in [0, 0.1) is 22.0 Å². The SMILES string of the molecule is CC(C)(C)OC(=O)[C@@H](Cc1cccc([N+](=O)[O-])c1)[C@H]1CCN(C(=O)OC(C)(C)C)C1. The number of nitro benzene ring substituents is 1. The van der Waals surface area contributed by atoms with E-state index in [0.717, 1.165) is 0 Å². The summed E-state index contributed by atoms with van der Waals surface area (Å²) < 4.78 is 11.1. The van der Waals surface area contributed by atoms with E-state index in [-0.39, 0.29) is 17.6 Å². The Bertz CT molecular complexity index is 794. The second-order valence-corrected chi connectivity index (χ2v) is 9.75. The molecule has 1 aliphatic heterocycles. The maximum absolute atomic E-state index is 13.0. The van der Waals surface area contributed by atoms with E-state index in [1.54, 1.807) is 37.8 Å². The van der Waals surface area contributed by atoms with Gasteiger partial charge in [0.15, 0.2) is 0 Å². The van der Waals surface area contributed by atoms with Gasteiger partial charge in [0.1, 0.15) is 11.2 Å². The number of benzene rings is 1. The highest BCUT2D eigenvalue weighted by Crippen LogP contribution is 2.31. The lowest BCUT2D eigenvalue weighted by Gasteiger charge is -2.28. The number of hydrogen-bond acceptors (Lipinski definition) is 6. The highest BCUT2D eigenvalue weighted by Gasteiger charge is 2.39. The third-order valence-electron chi connectivity index (χ3n) is 4.73. The molecule has 0 aliphatic carbocycles. The van der Waals surface area contributed by atoms with Crippen LogP contribution in [-0.4, -0.2) is 46.2 Å². The largest absolute Gasteiger partial charge is 0.460 e. The van der Waals surface area contributed by atoms with Gasteiger partial charge in [0.2, 0.25) is 0 Å². The van der Waals surface area contributed by atoms with E-state index in [1.165, 1.54) is 12.1 Å². The number of esters is 1. The lowest BCUT2D eigenvalue weighted by atomic mass is 9.86. The summed E-state index contributed by atoms with van der Waals surface area (Å²) in [5.74, 6) is -0.990. The van der Waals surface area contributed by atoms with Crippen LogP contribution >= 0.6 is 0 Å². The van der Waals surface area contributed by atoms with Crippen molar-refractivity contribution in [2.24, 2.45) is 11.8 Å². The van der Waals surface area contributed by atoms with Crippen LogP contribution in [0.2, 0.25) is 0 Å². The Labute approximate surface area is 177 Å². The van der Waals surface area contributed by atoms with Crippen molar-refractivity contribution < 1.29 is 24.0 Å². The van der Waals surface area contributed by atoms with Crippen molar-refractivity contribution in [3.05, 3.63) is 39.9 Å². The van der Waals surface area contributed by atoms with Gasteiger partial charge in [-0.15, -0.1) is 0 Å². The molecule has 1 aliphatic rings. The minimum Gasteiger partial charge on any atom is -0.460 e. The number of hydrogen-bond donors (Lipinski definition) is 0. The first-order valence-corrected chi connectivity index (χ1v) is 10.2. The molecule has 1 aromatic rings. The smallest absolute Gasteiger partial charge is 0.410 e. The summed E-state index contributed by atoms with van der Waals surface area (Å²) in [6, 6.07) is 6.29. The summed E-state index contributed by atoms with van der Waals surface area (Å²) in [6.07, 6.45) is 0.546. The van der Waals surface area contributed by atoms with Gasteiger partial charge in [-0.1, -0.05) is 12.1 Å². The van der Waals surface area contributed by atoms with Gasteiger partial charge in [-0.3, -0.25) is 14.9 Å². The van der Waals surface area contributed by atoms with Gasteiger partial charge < -0.3 is 14.4 Å². The molecule has 166 valence electrons. The van der Waals surface area contributed by atoms with Gasteiger partial charge in [-0.05, 0) is 65.9 Å². The summed E-state index contributed by atoms with van der Waals surface area (Å²) in [4.78, 5) is 37.7. The standard InChI is InChI=1S/C22H32N2O6/c1-21(2,3)29-19(25)18(13-15-8-7-9-17(12-15)24(27)28)16-10-11-23(14-16)20(26)30-22(4,5)6/h7-9,12,16,18H,10-11,13-14H2,1-6H3/t16-,18-/m0/s1. The van der Waals surface area contributed by atoms with Crippen molar-refractivity contribution in [1.29, 1.82) is 0 Å². The van der Waals surface area contributed by atoms with E-state index in [9.17, 15) is 19.7 Å². The predicted molar refractivity (Wildman–Crippen MR) is 112 cm³/mol.